The molecule has 0 aliphatic rings. The van der Waals surface area contributed by atoms with E-state index in [2.05, 4.69) is 30.7 Å². The van der Waals surface area contributed by atoms with E-state index in [0.717, 1.165) is 11.3 Å². The van der Waals surface area contributed by atoms with E-state index in [9.17, 15) is 0 Å². The third kappa shape index (κ3) is 1.57. The van der Waals surface area contributed by atoms with E-state index in [-0.39, 0.29) is 0 Å². The van der Waals surface area contributed by atoms with E-state index >= 15 is 0 Å². The number of aromatic nitrogens is 1. The lowest BCUT2D eigenvalue weighted by Crippen LogP contribution is -2.00. The van der Waals surface area contributed by atoms with Gasteiger partial charge in [0, 0.05) is 24.2 Å². The van der Waals surface area contributed by atoms with Gasteiger partial charge >= 0.3 is 0 Å². The Kier molecular flexibility index (Phi) is 2.88. The monoisotopic (exact) mass is 218 g/mol. The highest BCUT2D eigenvalue weighted by atomic mass is 16.5. The third-order valence-corrected chi connectivity index (χ3v) is 2.89. The fraction of sp³-hybridized carbons (Fsp3) is 0.385. The summed E-state index contributed by atoms with van der Waals surface area (Å²) in [7, 11) is 1.70. The molecule has 0 bridgehead atoms. The van der Waals surface area contributed by atoms with Crippen molar-refractivity contribution in [3.8, 4) is 5.75 Å². The molecule has 0 amide bonds. The minimum atomic E-state index is 0.402. The van der Waals surface area contributed by atoms with Gasteiger partial charge in [0.1, 0.15) is 5.75 Å². The SMILES string of the molecule is COc1cccc2c(CN)cn(C(C)C)c12. The van der Waals surface area contributed by atoms with Gasteiger partial charge in [-0.2, -0.15) is 0 Å². The second-order valence-corrected chi connectivity index (χ2v) is 4.22. The molecule has 0 unspecified atom stereocenters. The first-order chi connectivity index (χ1) is 7.69. The summed E-state index contributed by atoms with van der Waals surface area (Å²) in [5.74, 6) is 0.908. The summed E-state index contributed by atoms with van der Waals surface area (Å²) in [6.07, 6.45) is 2.12. The Morgan fingerprint density at radius 3 is 2.69 bits per heavy atom. The Morgan fingerprint density at radius 1 is 1.38 bits per heavy atom. The lowest BCUT2D eigenvalue weighted by molar-refractivity contribution is 0.416. The zero-order chi connectivity index (χ0) is 11.7. The molecule has 1 aromatic heterocycles. The molecule has 0 aliphatic heterocycles. The van der Waals surface area contributed by atoms with Gasteiger partial charge in [-0.1, -0.05) is 12.1 Å². The average molecular weight is 218 g/mol. The molecule has 16 heavy (non-hydrogen) atoms. The molecule has 2 N–H and O–H groups in total. The predicted octanol–water partition coefficient (Wildman–Crippen LogP) is 2.69. The number of hydrogen-bond donors (Lipinski definition) is 1. The summed E-state index contributed by atoms with van der Waals surface area (Å²) >= 11 is 0. The topological polar surface area (TPSA) is 40.2 Å². The summed E-state index contributed by atoms with van der Waals surface area (Å²) in [6, 6.07) is 6.49. The first kappa shape index (κ1) is 11.0. The van der Waals surface area contributed by atoms with Crippen LogP contribution >= 0.6 is 0 Å². The van der Waals surface area contributed by atoms with Gasteiger partial charge in [-0.05, 0) is 25.5 Å². The summed E-state index contributed by atoms with van der Waals surface area (Å²) in [5, 5.41) is 1.19. The highest BCUT2D eigenvalue weighted by molar-refractivity contribution is 5.89. The normalized spacial score (nSPS) is 11.3. The van der Waals surface area contributed by atoms with Gasteiger partial charge in [0.15, 0.2) is 0 Å². The standard InChI is InChI=1S/C13H18N2O/c1-9(2)15-8-10(7-14)11-5-4-6-12(16-3)13(11)15/h4-6,8-9H,7,14H2,1-3H3. The Bertz CT molecular complexity index is 500. The molecular formula is C13H18N2O. The molecule has 0 atom stereocenters. The van der Waals surface area contributed by atoms with Crippen molar-refractivity contribution in [1.29, 1.82) is 0 Å². The van der Waals surface area contributed by atoms with Crippen LogP contribution in [0.1, 0.15) is 25.5 Å². The van der Waals surface area contributed by atoms with Crippen LogP contribution in [0.15, 0.2) is 24.4 Å². The van der Waals surface area contributed by atoms with Crippen molar-refractivity contribution in [2.75, 3.05) is 7.11 Å². The second kappa shape index (κ2) is 4.18. The molecule has 0 radical (unpaired) electrons. The molecule has 1 aromatic carbocycles. The fourth-order valence-electron chi connectivity index (χ4n) is 2.08. The van der Waals surface area contributed by atoms with E-state index in [4.69, 9.17) is 10.5 Å². The highest BCUT2D eigenvalue weighted by Gasteiger charge is 2.13. The molecule has 86 valence electrons. The van der Waals surface area contributed by atoms with Crippen molar-refractivity contribution in [1.82, 2.24) is 4.57 Å². The average Bonchev–Trinajstić information content (AvgIpc) is 2.67. The van der Waals surface area contributed by atoms with E-state index in [1.54, 1.807) is 7.11 Å². The number of rotatable bonds is 3. The minimum absolute atomic E-state index is 0.402. The molecule has 3 heteroatoms. The van der Waals surface area contributed by atoms with Crippen LogP contribution in [0.25, 0.3) is 10.9 Å². The Labute approximate surface area is 95.8 Å². The van der Waals surface area contributed by atoms with Crippen LogP contribution in [-0.2, 0) is 6.54 Å². The lowest BCUT2D eigenvalue weighted by atomic mass is 10.1. The molecule has 2 aromatic rings. The van der Waals surface area contributed by atoms with Crippen molar-refractivity contribution < 1.29 is 4.74 Å². The van der Waals surface area contributed by atoms with Gasteiger partial charge in [0.2, 0.25) is 0 Å². The van der Waals surface area contributed by atoms with E-state index < -0.39 is 0 Å². The molecule has 2 rings (SSSR count). The maximum absolute atomic E-state index is 5.77. The number of ether oxygens (including phenoxy) is 1. The van der Waals surface area contributed by atoms with Crippen LogP contribution in [0.5, 0.6) is 5.75 Å². The number of methoxy groups -OCH3 is 1. The number of benzene rings is 1. The number of nitrogens with two attached hydrogens (primary N) is 1. The van der Waals surface area contributed by atoms with Gasteiger partial charge < -0.3 is 15.0 Å². The van der Waals surface area contributed by atoms with Gasteiger partial charge in [-0.25, -0.2) is 0 Å². The summed E-state index contributed by atoms with van der Waals surface area (Å²) < 4.78 is 7.63. The smallest absolute Gasteiger partial charge is 0.143 e. The van der Waals surface area contributed by atoms with E-state index in [1.807, 2.05) is 12.1 Å². The van der Waals surface area contributed by atoms with Crippen molar-refractivity contribution in [2.45, 2.75) is 26.4 Å². The van der Waals surface area contributed by atoms with Crippen LogP contribution < -0.4 is 10.5 Å². The molecule has 1 heterocycles. The largest absolute Gasteiger partial charge is 0.495 e. The predicted molar refractivity (Wildman–Crippen MR) is 66.8 cm³/mol. The van der Waals surface area contributed by atoms with Gasteiger partial charge in [-0.15, -0.1) is 0 Å². The minimum Gasteiger partial charge on any atom is -0.495 e. The number of nitrogens with zero attached hydrogens (tertiary/aromatic N) is 1. The van der Waals surface area contributed by atoms with Crippen molar-refractivity contribution in [3.05, 3.63) is 30.0 Å². The van der Waals surface area contributed by atoms with E-state index in [1.165, 1.54) is 10.9 Å². The van der Waals surface area contributed by atoms with Crippen molar-refractivity contribution >= 4 is 10.9 Å². The van der Waals surface area contributed by atoms with Crippen molar-refractivity contribution in [2.24, 2.45) is 5.73 Å². The number of hydrogen-bond acceptors (Lipinski definition) is 2. The van der Waals surface area contributed by atoms with Crippen LogP contribution in [0.4, 0.5) is 0 Å². The van der Waals surface area contributed by atoms with Crippen LogP contribution in [0.3, 0.4) is 0 Å². The van der Waals surface area contributed by atoms with Crippen LogP contribution in [0.2, 0.25) is 0 Å². The molecule has 0 aliphatic carbocycles. The fourth-order valence-corrected chi connectivity index (χ4v) is 2.08. The quantitative estimate of drug-likeness (QED) is 0.860. The molecule has 0 saturated heterocycles. The first-order valence-electron chi connectivity index (χ1n) is 5.55. The summed E-state index contributed by atoms with van der Waals surface area (Å²) in [5.41, 5.74) is 8.08. The van der Waals surface area contributed by atoms with Crippen LogP contribution in [-0.4, -0.2) is 11.7 Å². The van der Waals surface area contributed by atoms with E-state index in [0.29, 0.717) is 12.6 Å². The Balaban J connectivity index is 2.80. The molecule has 0 fully saturated rings. The summed E-state index contributed by atoms with van der Waals surface area (Å²) in [4.78, 5) is 0. The molecular weight excluding hydrogens is 200 g/mol. The molecule has 0 spiro atoms. The highest BCUT2D eigenvalue weighted by Crippen LogP contribution is 2.31. The third-order valence-electron chi connectivity index (χ3n) is 2.89. The zero-order valence-corrected chi connectivity index (χ0v) is 10.0. The molecule has 0 saturated carbocycles. The zero-order valence-electron chi connectivity index (χ0n) is 10.0. The lowest BCUT2D eigenvalue weighted by Gasteiger charge is -2.11. The second-order valence-electron chi connectivity index (χ2n) is 4.22. The van der Waals surface area contributed by atoms with Crippen molar-refractivity contribution in [3.63, 3.8) is 0 Å². The van der Waals surface area contributed by atoms with Crippen LogP contribution in [0, 0.1) is 0 Å². The number of fused-ring (bicyclic) bond motifs is 1. The summed E-state index contributed by atoms with van der Waals surface area (Å²) in [6.45, 7) is 4.88. The van der Waals surface area contributed by atoms with Gasteiger partial charge in [0.25, 0.3) is 0 Å². The van der Waals surface area contributed by atoms with Gasteiger partial charge in [0.05, 0.1) is 12.6 Å². The van der Waals surface area contributed by atoms with Gasteiger partial charge in [-0.3, -0.25) is 0 Å². The Morgan fingerprint density at radius 2 is 2.12 bits per heavy atom. The molecule has 3 nitrogen and oxygen atoms in total. The maximum atomic E-state index is 5.77. The Hall–Kier alpha value is -1.48. The maximum Gasteiger partial charge on any atom is 0.143 e. The first-order valence-corrected chi connectivity index (χ1v) is 5.55. The number of para-hydroxylation sites is 1.